The first-order chi connectivity index (χ1) is 5.16. The number of quaternary nitrogens is 1. The summed E-state index contributed by atoms with van der Waals surface area (Å²) in [5.41, 5.74) is 0. The van der Waals surface area contributed by atoms with Gasteiger partial charge in [-0.3, -0.25) is 4.48 Å². The third kappa shape index (κ3) is 1.90. The molecule has 0 N–H and O–H groups in total. The lowest BCUT2D eigenvalue weighted by atomic mass is 10.3. The van der Waals surface area contributed by atoms with Gasteiger partial charge in [-0.05, 0) is 20.8 Å². The van der Waals surface area contributed by atoms with E-state index in [0.29, 0.717) is 4.48 Å². The normalized spacial score (nSPS) is 11.2. The SMILES string of the molecule is C=CC(=O)[N+](CC)(CC)CC. The van der Waals surface area contributed by atoms with Gasteiger partial charge in [-0.25, -0.2) is 4.79 Å². The van der Waals surface area contributed by atoms with Gasteiger partial charge < -0.3 is 0 Å². The highest BCUT2D eigenvalue weighted by Crippen LogP contribution is 2.06. The van der Waals surface area contributed by atoms with Crippen molar-refractivity contribution in [3.8, 4) is 0 Å². The number of nitrogens with zero attached hydrogens (tertiary/aromatic N) is 1. The Kier molecular flexibility index (Phi) is 4.04. The van der Waals surface area contributed by atoms with Crippen molar-refractivity contribution < 1.29 is 9.28 Å². The van der Waals surface area contributed by atoms with Crippen LogP contribution in [0.3, 0.4) is 0 Å². The van der Waals surface area contributed by atoms with Crippen LogP contribution >= 0.6 is 0 Å². The molecule has 0 aliphatic carbocycles. The standard InChI is InChI=1S/C9H18NO/c1-5-9(11)10(6-2,7-3)8-4/h5H,1,6-8H2,2-4H3/q+1. The van der Waals surface area contributed by atoms with Crippen molar-refractivity contribution in [1.82, 2.24) is 0 Å². The van der Waals surface area contributed by atoms with Crippen LogP contribution < -0.4 is 0 Å². The van der Waals surface area contributed by atoms with Gasteiger partial charge in [0.25, 0.3) is 0 Å². The Balaban J connectivity index is 4.52. The lowest BCUT2D eigenvalue weighted by molar-refractivity contribution is -0.846. The van der Waals surface area contributed by atoms with Crippen LogP contribution in [-0.2, 0) is 4.79 Å². The van der Waals surface area contributed by atoms with Crippen LogP contribution in [0.5, 0.6) is 0 Å². The van der Waals surface area contributed by atoms with E-state index >= 15 is 0 Å². The largest absolute Gasteiger partial charge is 0.338 e. The van der Waals surface area contributed by atoms with E-state index in [2.05, 4.69) is 6.58 Å². The Hall–Kier alpha value is -0.630. The van der Waals surface area contributed by atoms with E-state index < -0.39 is 0 Å². The zero-order valence-electron chi connectivity index (χ0n) is 7.76. The third-order valence-electron chi connectivity index (χ3n) is 2.46. The zero-order valence-corrected chi connectivity index (χ0v) is 7.76. The Morgan fingerprint density at radius 2 is 1.64 bits per heavy atom. The van der Waals surface area contributed by atoms with Crippen molar-refractivity contribution in [2.75, 3.05) is 19.6 Å². The number of rotatable bonds is 4. The molecule has 0 aliphatic rings. The Morgan fingerprint density at radius 1 is 1.27 bits per heavy atom. The predicted octanol–water partition coefficient (Wildman–Crippen LogP) is 1.58. The number of carbonyl (C=O) groups is 1. The molecule has 0 spiro atoms. The van der Waals surface area contributed by atoms with E-state index in [1.807, 2.05) is 20.8 Å². The number of likely N-dealkylation sites (N-methyl/N-ethyl adjacent to an activating group) is 1. The first-order valence-corrected chi connectivity index (χ1v) is 4.19. The molecule has 0 fully saturated rings. The summed E-state index contributed by atoms with van der Waals surface area (Å²) in [4.78, 5) is 11.4. The molecule has 64 valence electrons. The average Bonchev–Trinajstić information content (AvgIpc) is 2.08. The van der Waals surface area contributed by atoms with Crippen LogP contribution in [0.15, 0.2) is 12.7 Å². The number of amides is 1. The Labute approximate surface area is 69.1 Å². The van der Waals surface area contributed by atoms with Gasteiger partial charge in [0.05, 0.1) is 19.6 Å². The van der Waals surface area contributed by atoms with Gasteiger partial charge in [-0.15, -0.1) is 0 Å². The first-order valence-electron chi connectivity index (χ1n) is 4.19. The summed E-state index contributed by atoms with van der Waals surface area (Å²) in [5, 5.41) is 0. The second kappa shape index (κ2) is 4.29. The van der Waals surface area contributed by atoms with Gasteiger partial charge in [0.2, 0.25) is 0 Å². The van der Waals surface area contributed by atoms with Gasteiger partial charge in [-0.1, -0.05) is 6.58 Å². The minimum Gasteiger partial charge on any atom is -0.257 e. The highest BCUT2D eigenvalue weighted by atomic mass is 16.2. The molecule has 0 aromatic carbocycles. The molecule has 0 saturated heterocycles. The molecule has 0 unspecified atom stereocenters. The van der Waals surface area contributed by atoms with E-state index in [0.717, 1.165) is 19.6 Å². The van der Waals surface area contributed by atoms with Crippen molar-refractivity contribution >= 4 is 5.91 Å². The van der Waals surface area contributed by atoms with E-state index in [4.69, 9.17) is 0 Å². The molecular formula is C9H18NO+. The molecule has 0 bridgehead atoms. The average molecular weight is 156 g/mol. The molecule has 1 amide bonds. The van der Waals surface area contributed by atoms with Crippen LogP contribution in [0.2, 0.25) is 0 Å². The molecule has 0 atom stereocenters. The van der Waals surface area contributed by atoms with Crippen molar-refractivity contribution in [2.24, 2.45) is 0 Å². The van der Waals surface area contributed by atoms with Crippen LogP contribution in [0.1, 0.15) is 20.8 Å². The van der Waals surface area contributed by atoms with Crippen molar-refractivity contribution in [3.05, 3.63) is 12.7 Å². The van der Waals surface area contributed by atoms with Crippen LogP contribution in [0.25, 0.3) is 0 Å². The monoisotopic (exact) mass is 156 g/mol. The van der Waals surface area contributed by atoms with Crippen molar-refractivity contribution in [2.45, 2.75) is 20.8 Å². The maximum atomic E-state index is 11.4. The summed E-state index contributed by atoms with van der Waals surface area (Å²) in [6.07, 6.45) is 1.43. The summed E-state index contributed by atoms with van der Waals surface area (Å²) in [7, 11) is 0. The van der Waals surface area contributed by atoms with E-state index in [1.165, 1.54) is 6.08 Å². The second-order valence-corrected chi connectivity index (χ2v) is 2.64. The predicted molar refractivity (Wildman–Crippen MR) is 47.1 cm³/mol. The topological polar surface area (TPSA) is 17.1 Å². The van der Waals surface area contributed by atoms with Crippen molar-refractivity contribution in [1.29, 1.82) is 0 Å². The molecule has 0 aliphatic heterocycles. The minimum atomic E-state index is 0.137. The lowest BCUT2D eigenvalue weighted by Crippen LogP contribution is -2.51. The maximum Gasteiger partial charge on any atom is 0.338 e. The number of hydrogen-bond acceptors (Lipinski definition) is 1. The molecule has 2 nitrogen and oxygen atoms in total. The Morgan fingerprint density at radius 3 is 1.73 bits per heavy atom. The summed E-state index contributed by atoms with van der Waals surface area (Å²) >= 11 is 0. The summed E-state index contributed by atoms with van der Waals surface area (Å²) in [6.45, 7) is 12.2. The fourth-order valence-corrected chi connectivity index (χ4v) is 1.33. The van der Waals surface area contributed by atoms with Gasteiger partial charge in [0.15, 0.2) is 0 Å². The van der Waals surface area contributed by atoms with E-state index in [1.54, 1.807) is 0 Å². The van der Waals surface area contributed by atoms with Gasteiger partial charge in [0, 0.05) is 6.08 Å². The summed E-state index contributed by atoms with van der Waals surface area (Å²) < 4.78 is 0.531. The van der Waals surface area contributed by atoms with Crippen molar-refractivity contribution in [3.63, 3.8) is 0 Å². The van der Waals surface area contributed by atoms with Crippen LogP contribution in [-0.4, -0.2) is 30.0 Å². The lowest BCUT2D eigenvalue weighted by Gasteiger charge is -2.31. The fraction of sp³-hybridized carbons (Fsp3) is 0.667. The molecule has 11 heavy (non-hydrogen) atoms. The highest BCUT2D eigenvalue weighted by molar-refractivity contribution is 5.80. The minimum absolute atomic E-state index is 0.137. The molecule has 0 aromatic rings. The smallest absolute Gasteiger partial charge is 0.257 e. The molecule has 0 radical (unpaired) electrons. The number of hydrogen-bond donors (Lipinski definition) is 0. The fourth-order valence-electron chi connectivity index (χ4n) is 1.33. The summed E-state index contributed by atoms with van der Waals surface area (Å²) in [5.74, 6) is 0.137. The van der Waals surface area contributed by atoms with E-state index in [9.17, 15) is 4.79 Å². The maximum absolute atomic E-state index is 11.4. The molecule has 0 rings (SSSR count). The molecule has 0 saturated carbocycles. The number of carbonyl (C=O) groups excluding carboxylic acids is 1. The van der Waals surface area contributed by atoms with Crippen LogP contribution in [0.4, 0.5) is 0 Å². The molecule has 0 aromatic heterocycles. The quantitative estimate of drug-likeness (QED) is 0.446. The van der Waals surface area contributed by atoms with Gasteiger partial charge >= 0.3 is 5.91 Å². The molecule has 0 heterocycles. The first kappa shape index (κ1) is 10.4. The highest BCUT2D eigenvalue weighted by Gasteiger charge is 2.27. The second-order valence-electron chi connectivity index (χ2n) is 2.64. The van der Waals surface area contributed by atoms with Gasteiger partial charge in [-0.2, -0.15) is 0 Å². The summed E-state index contributed by atoms with van der Waals surface area (Å²) in [6, 6.07) is 0. The molecule has 2 heteroatoms. The zero-order chi connectivity index (χ0) is 8.91. The van der Waals surface area contributed by atoms with Gasteiger partial charge in [0.1, 0.15) is 0 Å². The van der Waals surface area contributed by atoms with E-state index in [-0.39, 0.29) is 5.91 Å². The molecular weight excluding hydrogens is 138 g/mol. The van der Waals surface area contributed by atoms with Crippen LogP contribution in [0, 0.1) is 0 Å². The Bertz CT molecular complexity index is 139. The third-order valence-corrected chi connectivity index (χ3v) is 2.46.